The summed E-state index contributed by atoms with van der Waals surface area (Å²) in [5.41, 5.74) is 2.42. The third-order valence-corrected chi connectivity index (χ3v) is 7.47. The highest BCUT2D eigenvalue weighted by Crippen LogP contribution is 2.50. The predicted octanol–water partition coefficient (Wildman–Crippen LogP) is 8.40. The lowest BCUT2D eigenvalue weighted by Crippen LogP contribution is -2.11. The van der Waals surface area contributed by atoms with Gasteiger partial charge in [-0.25, -0.2) is 4.98 Å². The Morgan fingerprint density at radius 3 is 1.73 bits per heavy atom. The van der Waals surface area contributed by atoms with Crippen molar-refractivity contribution in [3.63, 3.8) is 0 Å². The third-order valence-electron chi connectivity index (χ3n) is 3.73. The van der Waals surface area contributed by atoms with Gasteiger partial charge in [-0.3, -0.25) is 14.5 Å². The van der Waals surface area contributed by atoms with Gasteiger partial charge in [0.15, 0.2) is 11.9 Å². The molecule has 2 N–H and O–H groups in total. The van der Waals surface area contributed by atoms with Gasteiger partial charge in [-0.05, 0) is 92.0 Å². The molecular weight excluding hydrogens is 736 g/mol. The molecule has 0 fully saturated rings. The zero-order chi connectivity index (χ0) is 27.4. The second-order valence-electron chi connectivity index (χ2n) is 6.36. The zero-order valence-corrected chi connectivity index (χ0v) is 28.4. The summed E-state index contributed by atoms with van der Waals surface area (Å²) in [6, 6.07) is 11.2. The number of nitrogens with one attached hydrogen (secondary N) is 1. The van der Waals surface area contributed by atoms with Crippen LogP contribution in [0.4, 0.5) is 0 Å². The summed E-state index contributed by atoms with van der Waals surface area (Å²) >= 11 is 15.3. The van der Waals surface area contributed by atoms with E-state index < -0.39 is 7.60 Å². The van der Waals surface area contributed by atoms with Crippen LogP contribution in [0.5, 0.6) is 0 Å². The van der Waals surface area contributed by atoms with Crippen molar-refractivity contribution in [2.24, 2.45) is 0 Å². The van der Waals surface area contributed by atoms with E-state index in [1.54, 1.807) is 38.5 Å². The summed E-state index contributed by atoms with van der Waals surface area (Å²) < 4.78 is 25.5. The molecule has 0 atom stereocenters. The Kier molecular flexibility index (Phi) is 24.6. The summed E-state index contributed by atoms with van der Waals surface area (Å²) in [5, 5.41) is 8.55. The summed E-state index contributed by atoms with van der Waals surface area (Å²) in [6.07, 6.45) is 5.45. The number of H-pyrrole nitrogens is 1. The minimum absolute atomic E-state index is 0. The fourth-order valence-corrected chi connectivity index (χ4v) is 4.78. The fourth-order valence-electron chi connectivity index (χ4n) is 2.25. The minimum Gasteiger partial charge on any atom is -0.390 e. The second kappa shape index (κ2) is 23.5. The Morgan fingerprint density at radius 2 is 1.38 bits per heavy atom. The van der Waals surface area contributed by atoms with Crippen LogP contribution >= 0.6 is 79.4 Å². The maximum Gasteiger partial charge on any atom is 0.341 e. The number of nitrogens with zero attached hydrogens (tertiary/aromatic N) is 2. The molecule has 3 rings (SSSR count). The summed E-state index contributed by atoms with van der Waals surface area (Å²) in [7, 11) is -3.00. The molecule has 0 aliphatic heterocycles. The molecule has 3 heterocycles. The van der Waals surface area contributed by atoms with Crippen LogP contribution < -0.4 is 4.98 Å². The fraction of sp³-hybridized carbons (Fsp3) is 0.375. The van der Waals surface area contributed by atoms with Gasteiger partial charge in [0.05, 0.1) is 41.6 Å². The summed E-state index contributed by atoms with van der Waals surface area (Å²) in [4.78, 5) is 10.9. The maximum absolute atomic E-state index is 12.2. The molecule has 0 saturated heterocycles. The van der Waals surface area contributed by atoms with E-state index in [4.69, 9.17) is 25.8 Å². The van der Waals surface area contributed by atoms with Gasteiger partial charge in [0.25, 0.3) is 0 Å². The Labute approximate surface area is 256 Å². The molecule has 0 bridgehead atoms. The van der Waals surface area contributed by atoms with Gasteiger partial charge in [0.2, 0.25) is 0 Å². The number of aliphatic hydroxyl groups is 1. The van der Waals surface area contributed by atoms with E-state index in [1.165, 1.54) is 0 Å². The van der Waals surface area contributed by atoms with Crippen LogP contribution in [0, 0.1) is 0 Å². The van der Waals surface area contributed by atoms with Gasteiger partial charge in [-0.2, -0.15) is 0 Å². The molecule has 0 aliphatic carbocycles. The lowest BCUT2D eigenvalue weighted by atomic mass is 10.4. The van der Waals surface area contributed by atoms with E-state index in [1.807, 2.05) is 44.2 Å². The van der Waals surface area contributed by atoms with Crippen molar-refractivity contribution in [2.45, 2.75) is 46.3 Å². The molecule has 0 saturated carbocycles. The van der Waals surface area contributed by atoms with Crippen LogP contribution in [0.25, 0.3) is 0 Å². The molecule has 3 aromatic heterocycles. The molecular formula is C24H34Br3Cl2N3O4P+. The normalized spacial score (nSPS) is 9.86. The Balaban J connectivity index is 0. The van der Waals surface area contributed by atoms with Gasteiger partial charge < -0.3 is 14.2 Å². The largest absolute Gasteiger partial charge is 0.390 e. The van der Waals surface area contributed by atoms with Crippen molar-refractivity contribution in [3.05, 3.63) is 85.5 Å². The predicted molar refractivity (Wildman–Crippen MR) is 163 cm³/mol. The molecule has 3 aromatic rings. The van der Waals surface area contributed by atoms with E-state index in [9.17, 15) is 4.57 Å². The standard InChI is InChI=1S/C10H15BrNO3P.C6H5BrClN.C6H6BrNO.C2H6.ClH/c1-3-14-16(13,15-4-2)8-10-6-5-9(11)7-12-10;7-5-1-2-6(3-8)9-4-5;7-5-1-2-6(4-9)8-3-5;1-2;/h5-7H,3-4,8H2,1-2H3;1-2,4H,3H2;1-3,9H,4H2;1-2H3;1H/p+1. The van der Waals surface area contributed by atoms with Crippen LogP contribution in [-0.2, 0) is 32.3 Å². The molecule has 0 unspecified atom stereocenters. The molecule has 7 nitrogen and oxygen atoms in total. The van der Waals surface area contributed by atoms with Crippen molar-refractivity contribution in [3.8, 4) is 0 Å². The number of hydrogen-bond donors (Lipinski definition) is 1. The second-order valence-corrected chi connectivity index (χ2v) is 11.4. The molecule has 0 amide bonds. The minimum atomic E-state index is -3.00. The third kappa shape index (κ3) is 18.5. The molecule has 208 valence electrons. The highest BCUT2D eigenvalue weighted by Gasteiger charge is 2.27. The topological polar surface area (TPSA) is 95.7 Å². The molecule has 37 heavy (non-hydrogen) atoms. The average Bonchev–Trinajstić information content (AvgIpc) is 2.89. The molecule has 0 aromatic carbocycles. The Hall–Kier alpha value is -0.420. The van der Waals surface area contributed by atoms with E-state index in [2.05, 4.69) is 62.7 Å². The number of pyridine rings is 3. The van der Waals surface area contributed by atoms with E-state index in [0.717, 1.165) is 24.8 Å². The van der Waals surface area contributed by atoms with E-state index in [0.29, 0.717) is 24.8 Å². The first-order valence-corrected chi connectivity index (χ1v) is 15.8. The number of aromatic nitrogens is 3. The average molecular weight is 770 g/mol. The molecule has 0 aliphatic rings. The Bertz CT molecular complexity index is 948. The lowest BCUT2D eigenvalue weighted by molar-refractivity contribution is -0.389. The Morgan fingerprint density at radius 1 is 0.892 bits per heavy atom. The summed E-state index contributed by atoms with van der Waals surface area (Å²) in [5.74, 6) is 0.479. The first-order chi connectivity index (χ1) is 17.2. The zero-order valence-electron chi connectivity index (χ0n) is 21.2. The van der Waals surface area contributed by atoms with Crippen molar-refractivity contribution < 1.29 is 23.7 Å². The highest BCUT2D eigenvalue weighted by molar-refractivity contribution is 9.11. The first kappa shape index (κ1) is 38.7. The van der Waals surface area contributed by atoms with Gasteiger partial charge in [-0.15, -0.1) is 24.0 Å². The smallest absolute Gasteiger partial charge is 0.341 e. The van der Waals surface area contributed by atoms with Gasteiger partial charge in [0.1, 0.15) is 6.16 Å². The lowest BCUT2D eigenvalue weighted by Gasteiger charge is -2.14. The van der Waals surface area contributed by atoms with Crippen LogP contribution in [0.15, 0.2) is 68.4 Å². The van der Waals surface area contributed by atoms with Crippen molar-refractivity contribution in [1.29, 1.82) is 0 Å². The van der Waals surface area contributed by atoms with Crippen molar-refractivity contribution >= 4 is 79.4 Å². The van der Waals surface area contributed by atoms with E-state index >= 15 is 0 Å². The quantitative estimate of drug-likeness (QED) is 0.183. The first-order valence-electron chi connectivity index (χ1n) is 11.2. The number of hydrogen-bond acceptors (Lipinski definition) is 6. The SMILES string of the molecule is CC.CCOP(=O)(Cc1ccc(Br)c[nH+]1)OCC.Cl.ClCc1ccc(Br)cn1.OCc1ccc(Br)cn1. The number of alkyl halides is 1. The number of aliphatic hydroxyl groups excluding tert-OH is 1. The molecule has 0 spiro atoms. The summed E-state index contributed by atoms with van der Waals surface area (Å²) in [6.45, 7) is 8.38. The number of aromatic amines is 1. The van der Waals surface area contributed by atoms with Gasteiger partial charge in [-0.1, -0.05) is 13.8 Å². The van der Waals surface area contributed by atoms with Crippen molar-refractivity contribution in [2.75, 3.05) is 13.2 Å². The van der Waals surface area contributed by atoms with Crippen molar-refractivity contribution in [1.82, 2.24) is 9.97 Å². The molecule has 0 radical (unpaired) electrons. The van der Waals surface area contributed by atoms with Crippen LogP contribution in [-0.4, -0.2) is 28.3 Å². The van der Waals surface area contributed by atoms with E-state index in [-0.39, 0.29) is 25.2 Å². The number of halogens is 5. The van der Waals surface area contributed by atoms with Gasteiger partial charge in [0, 0.05) is 27.4 Å². The maximum atomic E-state index is 12.2. The highest BCUT2D eigenvalue weighted by atomic mass is 79.9. The monoisotopic (exact) mass is 766 g/mol. The molecule has 13 heteroatoms. The van der Waals surface area contributed by atoms with Crippen LogP contribution in [0.2, 0.25) is 0 Å². The van der Waals surface area contributed by atoms with Crippen LogP contribution in [0.1, 0.15) is 44.8 Å². The van der Waals surface area contributed by atoms with Crippen LogP contribution in [0.3, 0.4) is 0 Å². The van der Waals surface area contributed by atoms with Gasteiger partial charge >= 0.3 is 7.60 Å². The number of rotatable bonds is 8.